The molecule has 2 aromatic rings. The van der Waals surface area contributed by atoms with E-state index in [1.165, 1.54) is 6.92 Å². The van der Waals surface area contributed by atoms with Crippen molar-refractivity contribution in [3.63, 3.8) is 0 Å². The van der Waals surface area contributed by atoms with Crippen LogP contribution in [0.15, 0.2) is 35.7 Å². The Morgan fingerprint density at radius 2 is 1.83 bits per heavy atom. The minimum atomic E-state index is -0.0932. The predicted molar refractivity (Wildman–Crippen MR) is 116 cm³/mol. The first kappa shape index (κ1) is 22.7. The van der Waals surface area contributed by atoms with E-state index in [1.54, 1.807) is 30.5 Å². The second-order valence-electron chi connectivity index (χ2n) is 7.07. The second kappa shape index (κ2) is 10.9. The summed E-state index contributed by atoms with van der Waals surface area (Å²) in [6.07, 6.45) is 0.680. The Morgan fingerprint density at radius 3 is 2.38 bits per heavy atom. The molecule has 1 aromatic heterocycles. The molecule has 0 unspecified atom stereocenters. The Labute approximate surface area is 177 Å². The summed E-state index contributed by atoms with van der Waals surface area (Å²) >= 11 is 1.62. The molecule has 6 nitrogen and oxygen atoms in total. The second-order valence-corrected chi connectivity index (χ2v) is 8.11. The Bertz CT molecular complexity index is 805. The average Bonchev–Trinajstić information content (AvgIpc) is 3.21. The van der Waals surface area contributed by atoms with Crippen LogP contribution < -0.4 is 9.47 Å². The molecule has 0 spiro atoms. The summed E-state index contributed by atoms with van der Waals surface area (Å²) < 4.78 is 10.7. The summed E-state index contributed by atoms with van der Waals surface area (Å²) in [5, 5.41) is 2.00. The number of rotatable bonds is 10. The van der Waals surface area contributed by atoms with E-state index in [2.05, 4.69) is 0 Å². The van der Waals surface area contributed by atoms with Gasteiger partial charge in [-0.25, -0.2) is 0 Å². The fourth-order valence-electron chi connectivity index (χ4n) is 3.09. The number of thiophene rings is 1. The van der Waals surface area contributed by atoms with E-state index in [9.17, 15) is 9.59 Å². The molecule has 0 aliphatic heterocycles. The van der Waals surface area contributed by atoms with Crippen molar-refractivity contribution < 1.29 is 19.1 Å². The standard InChI is InChI=1S/C22H30N2O4S/c1-16(2)24(17(3)25)15-22(26)23(14-19-7-6-12-29-19)11-10-18-8-9-20(27-4)21(13-18)28-5/h6-9,12-13,16H,10-11,14-15H2,1-5H3. The number of benzene rings is 1. The Kier molecular flexibility index (Phi) is 8.51. The van der Waals surface area contributed by atoms with Crippen molar-refractivity contribution in [2.24, 2.45) is 0 Å². The zero-order valence-corrected chi connectivity index (χ0v) is 18.6. The van der Waals surface area contributed by atoms with E-state index in [1.807, 2.05) is 54.5 Å². The fourth-order valence-corrected chi connectivity index (χ4v) is 3.81. The third-order valence-corrected chi connectivity index (χ3v) is 5.59. The molecule has 1 heterocycles. The molecule has 29 heavy (non-hydrogen) atoms. The first-order valence-corrected chi connectivity index (χ1v) is 10.5. The van der Waals surface area contributed by atoms with Gasteiger partial charge in [0.2, 0.25) is 11.8 Å². The molecule has 0 atom stereocenters. The Balaban J connectivity index is 2.13. The zero-order chi connectivity index (χ0) is 21.4. The maximum atomic E-state index is 13.0. The van der Waals surface area contributed by atoms with Gasteiger partial charge in [-0.05, 0) is 49.4 Å². The van der Waals surface area contributed by atoms with Crippen LogP contribution >= 0.6 is 11.3 Å². The van der Waals surface area contributed by atoms with Gasteiger partial charge in [0.25, 0.3) is 0 Å². The minimum absolute atomic E-state index is 0.0223. The molecular weight excluding hydrogens is 388 g/mol. The maximum absolute atomic E-state index is 13.0. The molecule has 0 aliphatic carbocycles. The van der Waals surface area contributed by atoms with Crippen LogP contribution in [-0.4, -0.2) is 55.0 Å². The van der Waals surface area contributed by atoms with Gasteiger partial charge in [-0.2, -0.15) is 0 Å². The summed E-state index contributed by atoms with van der Waals surface area (Å²) in [6, 6.07) is 9.76. The smallest absolute Gasteiger partial charge is 0.242 e. The molecule has 2 rings (SSSR count). The largest absolute Gasteiger partial charge is 0.493 e. The third-order valence-electron chi connectivity index (χ3n) is 4.73. The van der Waals surface area contributed by atoms with Crippen molar-refractivity contribution >= 4 is 23.2 Å². The SMILES string of the molecule is COc1ccc(CCN(Cc2cccs2)C(=O)CN(C(C)=O)C(C)C)cc1OC. The number of hydrogen-bond acceptors (Lipinski definition) is 5. The minimum Gasteiger partial charge on any atom is -0.493 e. The van der Waals surface area contributed by atoms with E-state index < -0.39 is 0 Å². The van der Waals surface area contributed by atoms with E-state index in [-0.39, 0.29) is 24.4 Å². The zero-order valence-electron chi connectivity index (χ0n) is 17.8. The van der Waals surface area contributed by atoms with Crippen molar-refractivity contribution in [2.45, 2.75) is 39.8 Å². The Hall–Kier alpha value is -2.54. The van der Waals surface area contributed by atoms with Crippen LogP contribution in [0.3, 0.4) is 0 Å². The number of hydrogen-bond donors (Lipinski definition) is 0. The van der Waals surface area contributed by atoms with Crippen molar-refractivity contribution in [3.8, 4) is 11.5 Å². The van der Waals surface area contributed by atoms with Gasteiger partial charge in [0, 0.05) is 24.4 Å². The summed E-state index contributed by atoms with van der Waals surface area (Å²) in [7, 11) is 3.21. The highest BCUT2D eigenvalue weighted by molar-refractivity contribution is 7.09. The summed E-state index contributed by atoms with van der Waals surface area (Å²) in [5.41, 5.74) is 1.05. The molecular formula is C22H30N2O4S. The van der Waals surface area contributed by atoms with Gasteiger partial charge in [-0.15, -0.1) is 11.3 Å². The quantitative estimate of drug-likeness (QED) is 0.592. The molecule has 7 heteroatoms. The van der Waals surface area contributed by atoms with E-state index in [4.69, 9.17) is 9.47 Å². The van der Waals surface area contributed by atoms with Crippen molar-refractivity contribution in [1.82, 2.24) is 9.80 Å². The summed E-state index contributed by atoms with van der Waals surface area (Å²) in [5.74, 6) is 1.20. The van der Waals surface area contributed by atoms with Gasteiger partial charge in [0.15, 0.2) is 11.5 Å². The van der Waals surface area contributed by atoms with Crippen molar-refractivity contribution in [1.29, 1.82) is 0 Å². The first-order chi connectivity index (χ1) is 13.8. The van der Waals surface area contributed by atoms with Gasteiger partial charge in [0.05, 0.1) is 27.3 Å². The molecule has 158 valence electrons. The number of methoxy groups -OCH3 is 2. The number of ether oxygens (including phenoxy) is 2. The molecule has 1 aromatic carbocycles. The van der Waals surface area contributed by atoms with Gasteiger partial charge < -0.3 is 19.3 Å². The van der Waals surface area contributed by atoms with Crippen LogP contribution in [0.2, 0.25) is 0 Å². The Morgan fingerprint density at radius 1 is 1.10 bits per heavy atom. The molecule has 0 N–H and O–H groups in total. The number of carbonyl (C=O) groups excluding carboxylic acids is 2. The van der Waals surface area contributed by atoms with Gasteiger partial charge >= 0.3 is 0 Å². The first-order valence-electron chi connectivity index (χ1n) is 9.64. The van der Waals surface area contributed by atoms with E-state index >= 15 is 0 Å². The van der Waals surface area contributed by atoms with Gasteiger partial charge in [-0.1, -0.05) is 12.1 Å². The van der Waals surface area contributed by atoms with Crippen LogP contribution in [0.1, 0.15) is 31.2 Å². The topological polar surface area (TPSA) is 59.1 Å². The maximum Gasteiger partial charge on any atom is 0.242 e. The van der Waals surface area contributed by atoms with Crippen LogP contribution in [0.4, 0.5) is 0 Å². The molecule has 2 amide bonds. The molecule has 0 fully saturated rings. The molecule has 0 radical (unpaired) electrons. The van der Waals surface area contributed by atoms with E-state index in [0.29, 0.717) is 31.0 Å². The lowest BCUT2D eigenvalue weighted by molar-refractivity contribution is -0.141. The van der Waals surface area contributed by atoms with Crippen LogP contribution in [-0.2, 0) is 22.6 Å². The predicted octanol–water partition coefficient (Wildman–Crippen LogP) is 3.59. The number of carbonyl (C=O) groups is 2. The number of amides is 2. The summed E-state index contributed by atoms with van der Waals surface area (Å²) in [6.45, 7) is 6.51. The van der Waals surface area contributed by atoms with Crippen molar-refractivity contribution in [3.05, 3.63) is 46.2 Å². The lowest BCUT2D eigenvalue weighted by atomic mass is 10.1. The van der Waals surface area contributed by atoms with Crippen LogP contribution in [0.5, 0.6) is 11.5 Å². The number of nitrogens with zero attached hydrogens (tertiary/aromatic N) is 2. The lowest BCUT2D eigenvalue weighted by Gasteiger charge is -2.29. The van der Waals surface area contributed by atoms with Crippen LogP contribution in [0.25, 0.3) is 0 Å². The molecule has 0 bridgehead atoms. The average molecular weight is 419 g/mol. The van der Waals surface area contributed by atoms with Gasteiger partial charge in [-0.3, -0.25) is 9.59 Å². The highest BCUT2D eigenvalue weighted by atomic mass is 32.1. The lowest BCUT2D eigenvalue weighted by Crippen LogP contribution is -2.45. The van der Waals surface area contributed by atoms with E-state index in [0.717, 1.165) is 10.4 Å². The van der Waals surface area contributed by atoms with Gasteiger partial charge in [0.1, 0.15) is 0 Å². The summed E-state index contributed by atoms with van der Waals surface area (Å²) in [4.78, 5) is 29.5. The molecule has 0 saturated carbocycles. The fraction of sp³-hybridized carbons (Fsp3) is 0.455. The monoisotopic (exact) mass is 418 g/mol. The van der Waals surface area contributed by atoms with Crippen LogP contribution in [0, 0.1) is 0 Å². The molecule has 0 saturated heterocycles. The third kappa shape index (κ3) is 6.49. The normalized spacial score (nSPS) is 10.7. The highest BCUT2D eigenvalue weighted by Crippen LogP contribution is 2.27. The molecule has 0 aliphatic rings. The highest BCUT2D eigenvalue weighted by Gasteiger charge is 2.21. The van der Waals surface area contributed by atoms with Crippen molar-refractivity contribution in [2.75, 3.05) is 27.3 Å².